The van der Waals surface area contributed by atoms with Crippen molar-refractivity contribution in [3.63, 3.8) is 0 Å². The lowest BCUT2D eigenvalue weighted by atomic mass is 9.99. The summed E-state index contributed by atoms with van der Waals surface area (Å²) in [4.78, 5) is 12.7. The lowest BCUT2D eigenvalue weighted by Crippen LogP contribution is -2.54. The van der Waals surface area contributed by atoms with E-state index in [0.29, 0.717) is 65.1 Å². The third-order valence-corrected chi connectivity index (χ3v) is 8.33. The first kappa shape index (κ1) is 22.5. The Bertz CT molecular complexity index is 860. The maximum Gasteiger partial charge on any atom is 0.282 e. The van der Waals surface area contributed by atoms with Gasteiger partial charge in [-0.15, -0.1) is 0 Å². The van der Waals surface area contributed by atoms with E-state index in [2.05, 4.69) is 5.32 Å². The molecule has 0 aliphatic carbocycles. The molecule has 1 spiro atoms. The van der Waals surface area contributed by atoms with Crippen LogP contribution in [-0.2, 0) is 31.0 Å². The van der Waals surface area contributed by atoms with Crippen molar-refractivity contribution in [2.24, 2.45) is 5.92 Å². The number of nitrogens with zero attached hydrogens (tertiary/aromatic N) is 2. The molecule has 0 radical (unpaired) electrons. The standard InChI is InChI=1S/C21H31N3O6S/c1-28-19-6-4-17(5-7-19)15-22-20(25)18-3-2-10-24(16-18)31(26,27)23-11-8-21(9-12-23)29-13-14-30-21/h4-7,18H,2-3,8-16H2,1H3,(H,22,25)/t18-/m0/s1. The average Bonchev–Trinajstić information content (AvgIpc) is 3.26. The zero-order valence-electron chi connectivity index (χ0n) is 17.9. The van der Waals surface area contributed by atoms with E-state index in [0.717, 1.165) is 11.3 Å². The fraction of sp³-hybridized carbons (Fsp3) is 0.667. The van der Waals surface area contributed by atoms with Gasteiger partial charge in [-0.1, -0.05) is 12.1 Å². The smallest absolute Gasteiger partial charge is 0.282 e. The first-order valence-electron chi connectivity index (χ1n) is 10.9. The normalized spacial score (nSPS) is 24.9. The molecule has 31 heavy (non-hydrogen) atoms. The second-order valence-corrected chi connectivity index (χ2v) is 10.2. The first-order chi connectivity index (χ1) is 14.9. The first-order valence-corrected chi connectivity index (χ1v) is 12.3. The fourth-order valence-corrected chi connectivity index (χ4v) is 6.15. The molecule has 9 nitrogen and oxygen atoms in total. The third kappa shape index (κ3) is 5.04. The fourth-order valence-electron chi connectivity index (χ4n) is 4.45. The van der Waals surface area contributed by atoms with Gasteiger partial charge in [0, 0.05) is 45.6 Å². The van der Waals surface area contributed by atoms with Crippen LogP contribution in [0.2, 0.25) is 0 Å². The Labute approximate surface area is 183 Å². The molecule has 1 atom stereocenters. The van der Waals surface area contributed by atoms with Crippen LogP contribution >= 0.6 is 0 Å². The number of amides is 1. The number of methoxy groups -OCH3 is 1. The minimum atomic E-state index is -3.61. The molecule has 0 unspecified atom stereocenters. The Kier molecular flexibility index (Phi) is 6.83. The molecular weight excluding hydrogens is 422 g/mol. The second kappa shape index (κ2) is 9.41. The quantitative estimate of drug-likeness (QED) is 0.693. The molecule has 1 amide bonds. The minimum Gasteiger partial charge on any atom is -0.497 e. The minimum absolute atomic E-state index is 0.110. The molecule has 0 bridgehead atoms. The lowest BCUT2D eigenvalue weighted by Gasteiger charge is -2.40. The van der Waals surface area contributed by atoms with E-state index < -0.39 is 16.0 Å². The van der Waals surface area contributed by atoms with Gasteiger partial charge in [-0.3, -0.25) is 4.79 Å². The van der Waals surface area contributed by atoms with Crippen molar-refractivity contribution >= 4 is 16.1 Å². The molecule has 172 valence electrons. The van der Waals surface area contributed by atoms with Crippen LogP contribution in [0.15, 0.2) is 24.3 Å². The van der Waals surface area contributed by atoms with Crippen LogP contribution in [0.25, 0.3) is 0 Å². The highest BCUT2D eigenvalue weighted by molar-refractivity contribution is 7.86. The highest BCUT2D eigenvalue weighted by atomic mass is 32.2. The van der Waals surface area contributed by atoms with Crippen LogP contribution in [0.5, 0.6) is 5.75 Å². The van der Waals surface area contributed by atoms with Crippen LogP contribution < -0.4 is 10.1 Å². The number of carbonyl (C=O) groups is 1. The van der Waals surface area contributed by atoms with E-state index in [1.54, 1.807) is 7.11 Å². The Balaban J connectivity index is 1.31. The number of ether oxygens (including phenoxy) is 3. The maximum absolute atomic E-state index is 13.2. The zero-order chi connectivity index (χ0) is 21.9. The summed E-state index contributed by atoms with van der Waals surface area (Å²) < 4.78 is 45.9. The summed E-state index contributed by atoms with van der Waals surface area (Å²) in [5.41, 5.74) is 0.966. The molecule has 1 aromatic rings. The summed E-state index contributed by atoms with van der Waals surface area (Å²) in [6.45, 7) is 2.92. The Morgan fingerprint density at radius 2 is 1.81 bits per heavy atom. The second-order valence-electron chi connectivity index (χ2n) is 8.28. The van der Waals surface area contributed by atoms with Crippen molar-refractivity contribution in [3.05, 3.63) is 29.8 Å². The van der Waals surface area contributed by atoms with Crippen molar-refractivity contribution < 1.29 is 27.4 Å². The van der Waals surface area contributed by atoms with Gasteiger partial charge in [0.2, 0.25) is 5.91 Å². The highest BCUT2D eigenvalue weighted by Crippen LogP contribution is 2.33. The third-order valence-electron chi connectivity index (χ3n) is 6.33. The molecule has 3 saturated heterocycles. The van der Waals surface area contributed by atoms with E-state index in [9.17, 15) is 13.2 Å². The summed E-state index contributed by atoms with van der Waals surface area (Å²) in [7, 11) is -2.00. The number of piperidine rings is 2. The molecular formula is C21H31N3O6S. The van der Waals surface area contributed by atoms with Crippen molar-refractivity contribution in [3.8, 4) is 5.75 Å². The number of carbonyl (C=O) groups excluding carboxylic acids is 1. The van der Waals surface area contributed by atoms with Crippen LogP contribution in [0.3, 0.4) is 0 Å². The van der Waals surface area contributed by atoms with Crippen LogP contribution in [0, 0.1) is 5.92 Å². The summed E-state index contributed by atoms with van der Waals surface area (Å²) in [5.74, 6) is -0.309. The molecule has 1 N–H and O–H groups in total. The number of rotatable bonds is 6. The van der Waals surface area contributed by atoms with Gasteiger partial charge >= 0.3 is 0 Å². The summed E-state index contributed by atoms with van der Waals surface area (Å²) in [5, 5.41) is 2.94. The summed E-state index contributed by atoms with van der Waals surface area (Å²) in [6, 6.07) is 7.50. The van der Waals surface area contributed by atoms with Gasteiger partial charge in [0.15, 0.2) is 5.79 Å². The highest BCUT2D eigenvalue weighted by Gasteiger charge is 2.44. The van der Waals surface area contributed by atoms with Crippen molar-refractivity contribution in [2.45, 2.75) is 38.0 Å². The molecule has 3 heterocycles. The summed E-state index contributed by atoms with van der Waals surface area (Å²) in [6.07, 6.45) is 2.42. The molecule has 3 aliphatic rings. The Morgan fingerprint density at radius 1 is 1.13 bits per heavy atom. The van der Waals surface area contributed by atoms with Gasteiger partial charge in [0.25, 0.3) is 10.2 Å². The lowest BCUT2D eigenvalue weighted by molar-refractivity contribution is -0.179. The molecule has 0 saturated carbocycles. The van der Waals surface area contributed by atoms with Crippen molar-refractivity contribution in [2.75, 3.05) is 46.5 Å². The van der Waals surface area contributed by atoms with E-state index in [4.69, 9.17) is 14.2 Å². The van der Waals surface area contributed by atoms with E-state index in [-0.39, 0.29) is 18.4 Å². The molecule has 3 aliphatic heterocycles. The van der Waals surface area contributed by atoms with Gasteiger partial charge in [-0.05, 0) is 30.5 Å². The monoisotopic (exact) mass is 453 g/mol. The van der Waals surface area contributed by atoms with E-state index >= 15 is 0 Å². The van der Waals surface area contributed by atoms with Gasteiger partial charge in [-0.2, -0.15) is 17.0 Å². The van der Waals surface area contributed by atoms with Gasteiger partial charge < -0.3 is 19.5 Å². The Morgan fingerprint density at radius 3 is 2.45 bits per heavy atom. The molecule has 3 fully saturated rings. The Hall–Kier alpha value is -1.72. The number of hydrogen-bond donors (Lipinski definition) is 1. The van der Waals surface area contributed by atoms with E-state index in [1.807, 2.05) is 24.3 Å². The van der Waals surface area contributed by atoms with E-state index in [1.165, 1.54) is 8.61 Å². The van der Waals surface area contributed by atoms with Crippen LogP contribution in [0.1, 0.15) is 31.2 Å². The maximum atomic E-state index is 13.2. The largest absolute Gasteiger partial charge is 0.497 e. The number of benzene rings is 1. The van der Waals surface area contributed by atoms with Crippen molar-refractivity contribution in [1.82, 2.24) is 13.9 Å². The van der Waals surface area contributed by atoms with Crippen LogP contribution in [0.4, 0.5) is 0 Å². The molecule has 1 aromatic carbocycles. The predicted octanol–water partition coefficient (Wildman–Crippen LogP) is 1.11. The molecule has 10 heteroatoms. The number of hydrogen-bond acceptors (Lipinski definition) is 6. The average molecular weight is 454 g/mol. The summed E-state index contributed by atoms with van der Waals surface area (Å²) >= 11 is 0. The topological polar surface area (TPSA) is 97.4 Å². The molecule has 0 aromatic heterocycles. The van der Waals surface area contributed by atoms with Crippen LogP contribution in [-0.4, -0.2) is 75.2 Å². The van der Waals surface area contributed by atoms with Gasteiger partial charge in [0.1, 0.15) is 5.75 Å². The SMILES string of the molecule is COc1ccc(CNC(=O)[C@H]2CCCN(S(=O)(=O)N3CCC4(CC3)OCCO4)C2)cc1. The van der Waals surface area contributed by atoms with Gasteiger partial charge in [-0.25, -0.2) is 0 Å². The van der Waals surface area contributed by atoms with Crippen molar-refractivity contribution in [1.29, 1.82) is 0 Å². The predicted molar refractivity (Wildman–Crippen MR) is 113 cm³/mol. The zero-order valence-corrected chi connectivity index (χ0v) is 18.7. The number of nitrogens with one attached hydrogen (secondary N) is 1. The molecule has 4 rings (SSSR count). The van der Waals surface area contributed by atoms with Gasteiger partial charge in [0.05, 0.1) is 26.2 Å².